The number of halogens is 1. The highest BCUT2D eigenvalue weighted by atomic mass is 19.1. The van der Waals surface area contributed by atoms with Crippen LogP contribution in [-0.2, 0) is 12.0 Å². The van der Waals surface area contributed by atoms with E-state index in [0.29, 0.717) is 17.7 Å². The van der Waals surface area contributed by atoms with Crippen LogP contribution < -0.4 is 4.74 Å². The van der Waals surface area contributed by atoms with Gasteiger partial charge in [-0.15, -0.1) is 0 Å². The SMILES string of the molecule is COc1ccc(C)cc1CC(C)(O)c1cncc(F)c1. The maximum Gasteiger partial charge on any atom is 0.141 e. The summed E-state index contributed by atoms with van der Waals surface area (Å²) in [6.45, 7) is 3.62. The molecule has 0 aliphatic rings. The van der Waals surface area contributed by atoms with Gasteiger partial charge in [-0.05, 0) is 31.5 Å². The van der Waals surface area contributed by atoms with Gasteiger partial charge in [0.25, 0.3) is 0 Å². The Balaban J connectivity index is 2.35. The Bertz CT molecular complexity index is 611. The number of hydrogen-bond donors (Lipinski definition) is 1. The minimum atomic E-state index is -1.21. The van der Waals surface area contributed by atoms with E-state index >= 15 is 0 Å². The van der Waals surface area contributed by atoms with E-state index in [1.807, 2.05) is 25.1 Å². The summed E-state index contributed by atoms with van der Waals surface area (Å²) in [4.78, 5) is 3.79. The molecule has 0 spiro atoms. The van der Waals surface area contributed by atoms with Crippen molar-refractivity contribution in [3.8, 4) is 5.75 Å². The second-order valence-electron chi connectivity index (χ2n) is 5.16. The van der Waals surface area contributed by atoms with E-state index in [0.717, 1.165) is 17.3 Å². The molecule has 1 atom stereocenters. The minimum Gasteiger partial charge on any atom is -0.496 e. The summed E-state index contributed by atoms with van der Waals surface area (Å²) in [6.07, 6.45) is 2.92. The maximum atomic E-state index is 13.2. The first-order valence-electron chi connectivity index (χ1n) is 6.39. The molecule has 1 N–H and O–H groups in total. The van der Waals surface area contributed by atoms with Crippen molar-refractivity contribution in [2.24, 2.45) is 0 Å². The number of aliphatic hydroxyl groups is 1. The van der Waals surface area contributed by atoms with Crippen molar-refractivity contribution in [2.75, 3.05) is 7.11 Å². The molecular formula is C16H18FNO2. The van der Waals surface area contributed by atoms with Crippen LogP contribution in [-0.4, -0.2) is 17.2 Å². The number of hydrogen-bond acceptors (Lipinski definition) is 3. The van der Waals surface area contributed by atoms with Gasteiger partial charge in [0.2, 0.25) is 0 Å². The topological polar surface area (TPSA) is 42.4 Å². The molecule has 4 heteroatoms. The molecule has 106 valence electrons. The fraction of sp³-hybridized carbons (Fsp3) is 0.312. The zero-order valence-corrected chi connectivity index (χ0v) is 11.9. The first-order chi connectivity index (χ1) is 9.42. The highest BCUT2D eigenvalue weighted by Crippen LogP contribution is 2.30. The van der Waals surface area contributed by atoms with Crippen molar-refractivity contribution in [3.63, 3.8) is 0 Å². The summed E-state index contributed by atoms with van der Waals surface area (Å²) in [6, 6.07) is 7.07. The molecule has 0 radical (unpaired) electrons. The van der Waals surface area contributed by atoms with Gasteiger partial charge in [0.15, 0.2) is 0 Å². The highest BCUT2D eigenvalue weighted by Gasteiger charge is 2.26. The predicted molar refractivity (Wildman–Crippen MR) is 75.2 cm³/mol. The Hall–Kier alpha value is -1.94. The van der Waals surface area contributed by atoms with E-state index in [1.54, 1.807) is 14.0 Å². The van der Waals surface area contributed by atoms with Crippen LogP contribution in [0.3, 0.4) is 0 Å². The molecule has 0 bridgehead atoms. The molecule has 0 aliphatic heterocycles. The molecule has 0 saturated carbocycles. The molecule has 1 aromatic heterocycles. The lowest BCUT2D eigenvalue weighted by Crippen LogP contribution is -2.25. The van der Waals surface area contributed by atoms with E-state index in [-0.39, 0.29) is 0 Å². The molecular weight excluding hydrogens is 257 g/mol. The average Bonchev–Trinajstić information content (AvgIpc) is 2.38. The second kappa shape index (κ2) is 5.59. The second-order valence-corrected chi connectivity index (χ2v) is 5.16. The average molecular weight is 275 g/mol. The third kappa shape index (κ3) is 3.14. The van der Waals surface area contributed by atoms with Crippen molar-refractivity contribution in [3.05, 3.63) is 59.2 Å². The lowest BCUT2D eigenvalue weighted by molar-refractivity contribution is 0.0562. The van der Waals surface area contributed by atoms with Crippen LogP contribution in [0.5, 0.6) is 5.75 Å². The Labute approximate surface area is 118 Å². The summed E-state index contributed by atoms with van der Waals surface area (Å²) < 4.78 is 18.6. The molecule has 0 amide bonds. The molecule has 1 aromatic carbocycles. The third-order valence-electron chi connectivity index (χ3n) is 3.30. The van der Waals surface area contributed by atoms with Gasteiger partial charge in [-0.2, -0.15) is 0 Å². The van der Waals surface area contributed by atoms with E-state index in [9.17, 15) is 9.50 Å². The summed E-state index contributed by atoms with van der Waals surface area (Å²) in [7, 11) is 1.59. The fourth-order valence-corrected chi connectivity index (χ4v) is 2.22. The normalized spacial score (nSPS) is 13.8. The van der Waals surface area contributed by atoms with Gasteiger partial charge in [0, 0.05) is 18.2 Å². The predicted octanol–water partition coefficient (Wildman–Crippen LogP) is 2.99. The standard InChI is InChI=1S/C16H18FNO2/c1-11-4-5-15(20-3)12(6-11)8-16(2,19)13-7-14(17)10-18-9-13/h4-7,9-10,19H,8H2,1-3H3. The molecule has 3 nitrogen and oxygen atoms in total. The van der Waals surface area contributed by atoms with Gasteiger partial charge in [0.05, 0.1) is 18.9 Å². The first-order valence-corrected chi connectivity index (χ1v) is 6.39. The summed E-state index contributed by atoms with van der Waals surface area (Å²) in [5, 5.41) is 10.6. The number of aryl methyl sites for hydroxylation is 1. The van der Waals surface area contributed by atoms with Gasteiger partial charge in [-0.1, -0.05) is 17.7 Å². The number of pyridine rings is 1. The van der Waals surface area contributed by atoms with Crippen molar-refractivity contribution >= 4 is 0 Å². The van der Waals surface area contributed by atoms with Crippen molar-refractivity contribution in [2.45, 2.75) is 25.9 Å². The van der Waals surface area contributed by atoms with Crippen LogP contribution in [0.25, 0.3) is 0 Å². The van der Waals surface area contributed by atoms with E-state index in [4.69, 9.17) is 4.74 Å². The molecule has 20 heavy (non-hydrogen) atoms. The summed E-state index contributed by atoms with van der Waals surface area (Å²) in [5.41, 5.74) is 1.19. The van der Waals surface area contributed by atoms with Crippen LogP contribution in [0.2, 0.25) is 0 Å². The van der Waals surface area contributed by atoms with Crippen LogP contribution in [0.1, 0.15) is 23.6 Å². The largest absolute Gasteiger partial charge is 0.496 e. The Morgan fingerprint density at radius 2 is 2.05 bits per heavy atom. The zero-order valence-electron chi connectivity index (χ0n) is 11.9. The highest BCUT2D eigenvalue weighted by molar-refractivity contribution is 5.38. The number of ether oxygens (including phenoxy) is 1. The molecule has 2 rings (SSSR count). The molecule has 1 unspecified atom stereocenters. The first kappa shape index (κ1) is 14.5. The third-order valence-corrected chi connectivity index (χ3v) is 3.30. The van der Waals surface area contributed by atoms with E-state index < -0.39 is 11.4 Å². The Morgan fingerprint density at radius 1 is 1.30 bits per heavy atom. The van der Waals surface area contributed by atoms with E-state index in [2.05, 4.69) is 4.98 Å². The number of nitrogens with zero attached hydrogens (tertiary/aromatic N) is 1. The Kier molecular flexibility index (Phi) is 4.04. The molecule has 1 heterocycles. The number of methoxy groups -OCH3 is 1. The van der Waals surface area contributed by atoms with Crippen LogP contribution in [0.15, 0.2) is 36.7 Å². The van der Waals surface area contributed by atoms with Crippen LogP contribution in [0.4, 0.5) is 4.39 Å². The molecule has 0 fully saturated rings. The van der Waals surface area contributed by atoms with Crippen LogP contribution >= 0.6 is 0 Å². The maximum absolute atomic E-state index is 13.2. The van der Waals surface area contributed by atoms with Crippen molar-refractivity contribution in [1.82, 2.24) is 4.98 Å². The van der Waals surface area contributed by atoms with Crippen molar-refractivity contribution < 1.29 is 14.2 Å². The Morgan fingerprint density at radius 3 is 2.70 bits per heavy atom. The van der Waals surface area contributed by atoms with Crippen LogP contribution in [0, 0.1) is 12.7 Å². The zero-order chi connectivity index (χ0) is 14.8. The van der Waals surface area contributed by atoms with E-state index in [1.165, 1.54) is 12.3 Å². The van der Waals surface area contributed by atoms with Gasteiger partial charge in [-0.3, -0.25) is 4.98 Å². The smallest absolute Gasteiger partial charge is 0.141 e. The van der Waals surface area contributed by atoms with Gasteiger partial charge in [-0.25, -0.2) is 4.39 Å². The number of aromatic nitrogens is 1. The lowest BCUT2D eigenvalue weighted by atomic mass is 9.89. The molecule has 2 aromatic rings. The number of rotatable bonds is 4. The summed E-state index contributed by atoms with van der Waals surface area (Å²) in [5.74, 6) is 0.249. The summed E-state index contributed by atoms with van der Waals surface area (Å²) >= 11 is 0. The molecule has 0 saturated heterocycles. The van der Waals surface area contributed by atoms with Gasteiger partial charge < -0.3 is 9.84 Å². The van der Waals surface area contributed by atoms with Crippen molar-refractivity contribution in [1.29, 1.82) is 0 Å². The van der Waals surface area contributed by atoms with Gasteiger partial charge in [0.1, 0.15) is 11.6 Å². The fourth-order valence-electron chi connectivity index (χ4n) is 2.22. The quantitative estimate of drug-likeness (QED) is 0.932. The number of benzene rings is 1. The molecule has 0 aliphatic carbocycles. The lowest BCUT2D eigenvalue weighted by Gasteiger charge is -2.24. The van der Waals surface area contributed by atoms with Gasteiger partial charge >= 0.3 is 0 Å². The monoisotopic (exact) mass is 275 g/mol. The minimum absolute atomic E-state index is 0.322.